The van der Waals surface area contributed by atoms with Crippen LogP contribution in [-0.4, -0.2) is 119 Å². The van der Waals surface area contributed by atoms with Gasteiger partial charge >= 0.3 is 0 Å². The Morgan fingerprint density at radius 3 is 1.24 bits per heavy atom. The molecule has 4 N–H and O–H groups in total. The van der Waals surface area contributed by atoms with Gasteiger partial charge in [-0.2, -0.15) is 0 Å². The van der Waals surface area contributed by atoms with Crippen LogP contribution in [0.2, 0.25) is 0 Å². The van der Waals surface area contributed by atoms with Gasteiger partial charge in [0.2, 0.25) is 0 Å². The summed E-state index contributed by atoms with van der Waals surface area (Å²) in [5.41, 5.74) is 1.71. The van der Waals surface area contributed by atoms with Gasteiger partial charge in [-0.15, -0.1) is 0 Å². The van der Waals surface area contributed by atoms with E-state index in [4.69, 9.17) is 29.2 Å². The van der Waals surface area contributed by atoms with Crippen molar-refractivity contribution in [2.24, 2.45) is 17.8 Å². The molecule has 4 atom stereocenters. The first-order valence-electron chi connectivity index (χ1n) is 21.3. The Morgan fingerprint density at radius 2 is 0.931 bits per heavy atom. The monoisotopic (exact) mass is 833 g/mol. The van der Waals surface area contributed by atoms with Gasteiger partial charge in [0.25, 0.3) is 0 Å². The summed E-state index contributed by atoms with van der Waals surface area (Å²) in [5, 5.41) is 36.9. The number of aliphatic hydroxyl groups excluding tert-OH is 4. The number of carbonyl (C=O) groups is 4. The molecule has 0 aromatic carbocycles. The Kier molecular flexibility index (Phi) is 40.7. The summed E-state index contributed by atoms with van der Waals surface area (Å²) >= 11 is 0. The molecular formula is C46H88O12. The second kappa shape index (κ2) is 37.8. The number of hydrogen-bond acceptors (Lipinski definition) is 12. The van der Waals surface area contributed by atoms with E-state index in [2.05, 4.69) is 13.2 Å². The maximum atomic E-state index is 11.6. The SMILES string of the molecule is C=C(C(C)C)C(O)COC(C)C.C=C(C)C(CO)OC(C)C.CC(C)OC(CO)CCC(=O)CCC(=O)C(C)C.CC(C)OCC(O)CCC(=O)CCC(=O)C(C)C. The van der Waals surface area contributed by atoms with Crippen molar-refractivity contribution in [1.29, 1.82) is 0 Å². The Hall–Kier alpha value is -2.16. The number of aliphatic hydroxyl groups is 4. The molecule has 0 aliphatic carbocycles. The maximum Gasteiger partial charge on any atom is 0.135 e. The molecule has 0 saturated carbocycles. The first-order valence-corrected chi connectivity index (χ1v) is 21.3. The van der Waals surface area contributed by atoms with E-state index < -0.39 is 12.2 Å². The zero-order valence-corrected chi connectivity index (χ0v) is 39.3. The van der Waals surface area contributed by atoms with Crippen molar-refractivity contribution in [3.8, 4) is 0 Å². The second-order valence-electron chi connectivity index (χ2n) is 16.8. The molecule has 0 aliphatic rings. The molecule has 0 spiro atoms. The Bertz CT molecular complexity index is 1090. The predicted molar refractivity (Wildman–Crippen MR) is 234 cm³/mol. The molecule has 0 aliphatic heterocycles. The number of Topliss-reactive ketones (excluding diaryl/α,β-unsaturated/α-hetero) is 4. The van der Waals surface area contributed by atoms with Crippen molar-refractivity contribution in [1.82, 2.24) is 0 Å². The molecule has 0 aromatic rings. The van der Waals surface area contributed by atoms with Crippen LogP contribution in [0.3, 0.4) is 0 Å². The molecule has 0 fully saturated rings. The van der Waals surface area contributed by atoms with Crippen LogP contribution < -0.4 is 0 Å². The van der Waals surface area contributed by atoms with Gasteiger partial charge in [0.15, 0.2) is 0 Å². The topological polar surface area (TPSA) is 186 Å². The third kappa shape index (κ3) is 42.0. The Labute approximate surface area is 353 Å². The van der Waals surface area contributed by atoms with Gasteiger partial charge in [-0.25, -0.2) is 0 Å². The van der Waals surface area contributed by atoms with Crippen LogP contribution in [0.5, 0.6) is 0 Å². The van der Waals surface area contributed by atoms with Crippen molar-refractivity contribution in [2.75, 3.05) is 26.4 Å². The van der Waals surface area contributed by atoms with Gasteiger partial charge in [-0.05, 0) is 92.2 Å². The van der Waals surface area contributed by atoms with Crippen molar-refractivity contribution < 1.29 is 58.6 Å². The van der Waals surface area contributed by atoms with Gasteiger partial charge in [-0.1, -0.05) is 54.7 Å². The lowest BCUT2D eigenvalue weighted by Gasteiger charge is -2.18. The molecule has 0 heterocycles. The van der Waals surface area contributed by atoms with Crippen LogP contribution >= 0.6 is 0 Å². The number of carbonyl (C=O) groups excluding carboxylic acids is 4. The van der Waals surface area contributed by atoms with Crippen molar-refractivity contribution >= 4 is 23.1 Å². The van der Waals surface area contributed by atoms with Crippen LogP contribution in [-0.2, 0) is 38.1 Å². The largest absolute Gasteiger partial charge is 0.394 e. The summed E-state index contributed by atoms with van der Waals surface area (Å²) in [4.78, 5) is 45.8. The molecule has 12 heteroatoms. The third-order valence-electron chi connectivity index (χ3n) is 8.29. The standard InChI is InChI=1S/2C14H26O4.C10H20O2.C8H16O2/c1-10(2)14(17)8-6-12(16)5-7-13(9-15)18-11(3)4;1-10(2)14(17)8-7-12(15)5-6-13(16)9-18-11(3)4;1-7(2)9(5)10(11)6-12-8(3)4;1-6(2)8(5-9)10-7(3)4/h10-11,13,15H,5-9H2,1-4H3;10-11,13,16H,5-9H2,1-4H3;7-8,10-11H,5-6H2,1-4H3;7-9H,1,5H2,2-4H3. The van der Waals surface area contributed by atoms with E-state index in [1.807, 2.05) is 104 Å². The van der Waals surface area contributed by atoms with E-state index in [1.165, 1.54) is 0 Å². The smallest absolute Gasteiger partial charge is 0.135 e. The third-order valence-corrected chi connectivity index (χ3v) is 8.29. The summed E-state index contributed by atoms with van der Waals surface area (Å²) in [6, 6.07) is 0. The molecule has 0 saturated heterocycles. The van der Waals surface area contributed by atoms with E-state index in [1.54, 1.807) is 0 Å². The molecule has 0 radical (unpaired) electrons. The molecule has 0 rings (SSSR count). The molecular weight excluding hydrogens is 744 g/mol. The van der Waals surface area contributed by atoms with Gasteiger partial charge in [-0.3, -0.25) is 19.2 Å². The molecule has 344 valence electrons. The number of ether oxygens (including phenoxy) is 4. The van der Waals surface area contributed by atoms with E-state index in [9.17, 15) is 29.4 Å². The van der Waals surface area contributed by atoms with Crippen LogP contribution in [0.4, 0.5) is 0 Å². The molecule has 58 heavy (non-hydrogen) atoms. The molecule has 4 unspecified atom stereocenters. The summed E-state index contributed by atoms with van der Waals surface area (Å²) in [7, 11) is 0. The van der Waals surface area contributed by atoms with Gasteiger partial charge < -0.3 is 39.4 Å². The van der Waals surface area contributed by atoms with Crippen LogP contribution in [0.15, 0.2) is 24.3 Å². The fourth-order valence-corrected chi connectivity index (χ4v) is 4.40. The quantitative estimate of drug-likeness (QED) is 0.0542. The lowest BCUT2D eigenvalue weighted by Crippen LogP contribution is -2.23. The van der Waals surface area contributed by atoms with Crippen LogP contribution in [0.1, 0.15) is 155 Å². The summed E-state index contributed by atoms with van der Waals surface area (Å²) < 4.78 is 21.3. The van der Waals surface area contributed by atoms with Gasteiger partial charge in [0, 0.05) is 50.4 Å². The zero-order chi connectivity index (χ0) is 46.1. The molecule has 0 aromatic heterocycles. The highest BCUT2D eigenvalue weighted by Gasteiger charge is 2.16. The van der Waals surface area contributed by atoms with E-state index >= 15 is 0 Å². The maximum absolute atomic E-state index is 11.6. The molecule has 0 bridgehead atoms. The predicted octanol–water partition coefficient (Wildman–Crippen LogP) is 7.59. The summed E-state index contributed by atoms with van der Waals surface area (Å²) in [6.07, 6.45) is 1.67. The first kappa shape index (κ1) is 62.5. The summed E-state index contributed by atoms with van der Waals surface area (Å²) in [6.45, 7) is 36.6. The van der Waals surface area contributed by atoms with Crippen LogP contribution in [0.25, 0.3) is 0 Å². The van der Waals surface area contributed by atoms with Crippen molar-refractivity contribution in [3.05, 3.63) is 24.3 Å². The average molecular weight is 833 g/mol. The lowest BCUT2D eigenvalue weighted by atomic mass is 10.0. The molecule has 0 amide bonds. The highest BCUT2D eigenvalue weighted by atomic mass is 16.5. The Balaban J connectivity index is -0.000000345. The highest BCUT2D eigenvalue weighted by Crippen LogP contribution is 2.13. The first-order chi connectivity index (χ1) is 26.7. The number of ketones is 4. The number of rotatable bonds is 29. The van der Waals surface area contributed by atoms with E-state index in [-0.39, 0.29) is 97.8 Å². The second-order valence-corrected chi connectivity index (χ2v) is 16.8. The average Bonchev–Trinajstić information content (AvgIpc) is 3.13. The van der Waals surface area contributed by atoms with Crippen molar-refractivity contribution in [2.45, 2.75) is 204 Å². The van der Waals surface area contributed by atoms with Crippen molar-refractivity contribution in [3.63, 3.8) is 0 Å². The highest BCUT2D eigenvalue weighted by molar-refractivity contribution is 5.87. The fraction of sp³-hybridized carbons (Fsp3) is 0.826. The number of hydrogen-bond donors (Lipinski definition) is 4. The van der Waals surface area contributed by atoms with Crippen LogP contribution in [0, 0.1) is 17.8 Å². The Morgan fingerprint density at radius 1 is 0.517 bits per heavy atom. The molecule has 12 nitrogen and oxygen atoms in total. The van der Waals surface area contributed by atoms with E-state index in [0.717, 1.165) is 11.1 Å². The minimum atomic E-state index is -0.600. The lowest BCUT2D eigenvalue weighted by molar-refractivity contribution is -0.126. The normalized spacial score (nSPS) is 13.3. The summed E-state index contributed by atoms with van der Waals surface area (Å²) in [5.74, 6) is 0.640. The van der Waals surface area contributed by atoms with E-state index in [0.29, 0.717) is 57.5 Å². The van der Waals surface area contributed by atoms with Gasteiger partial charge in [0.1, 0.15) is 29.2 Å². The zero-order valence-electron chi connectivity index (χ0n) is 39.3. The fourth-order valence-electron chi connectivity index (χ4n) is 4.40. The minimum Gasteiger partial charge on any atom is -0.394 e. The minimum absolute atomic E-state index is 0.00716. The van der Waals surface area contributed by atoms with Gasteiger partial charge in [0.05, 0.1) is 69.2 Å².